The molecule has 0 bridgehead atoms. The van der Waals surface area contributed by atoms with E-state index in [2.05, 4.69) is 4.74 Å². The number of carbonyl (C=O) groups excluding carboxylic acids is 1. The number of carbonyl (C=O) groups is 1. The Morgan fingerprint density at radius 2 is 2.00 bits per heavy atom. The minimum atomic E-state index is -0.595. The standard InChI is InChI=1S/C11H13ClO2/c1-8-3-5-9(6-4-8)7-10(12)11(13)14-2/h3-6,10H,7H2,1-2H3. The normalized spacial score (nSPS) is 12.2. The monoisotopic (exact) mass is 212 g/mol. The number of methoxy groups -OCH3 is 1. The number of alkyl halides is 1. The van der Waals surface area contributed by atoms with Gasteiger partial charge in [0.1, 0.15) is 5.38 Å². The molecule has 1 atom stereocenters. The first kappa shape index (κ1) is 11.1. The zero-order chi connectivity index (χ0) is 10.6. The topological polar surface area (TPSA) is 26.3 Å². The van der Waals surface area contributed by atoms with Gasteiger partial charge in [0.05, 0.1) is 7.11 Å². The zero-order valence-corrected chi connectivity index (χ0v) is 9.04. The van der Waals surface area contributed by atoms with E-state index in [1.165, 1.54) is 12.7 Å². The number of ether oxygens (including phenoxy) is 1. The minimum Gasteiger partial charge on any atom is -0.468 e. The van der Waals surface area contributed by atoms with Gasteiger partial charge in [0.2, 0.25) is 0 Å². The van der Waals surface area contributed by atoms with Crippen LogP contribution in [0.2, 0.25) is 0 Å². The highest BCUT2D eigenvalue weighted by atomic mass is 35.5. The molecule has 1 aromatic rings. The second-order valence-corrected chi connectivity index (χ2v) is 3.71. The summed E-state index contributed by atoms with van der Waals surface area (Å²) in [6, 6.07) is 7.92. The van der Waals surface area contributed by atoms with Crippen molar-refractivity contribution in [2.75, 3.05) is 7.11 Å². The van der Waals surface area contributed by atoms with Crippen LogP contribution in [0.15, 0.2) is 24.3 Å². The van der Waals surface area contributed by atoms with Gasteiger partial charge in [-0.1, -0.05) is 29.8 Å². The lowest BCUT2D eigenvalue weighted by atomic mass is 10.1. The van der Waals surface area contributed by atoms with Gasteiger partial charge in [0, 0.05) is 0 Å². The van der Waals surface area contributed by atoms with Crippen molar-refractivity contribution in [3.05, 3.63) is 35.4 Å². The van der Waals surface area contributed by atoms with Crippen molar-refractivity contribution >= 4 is 17.6 Å². The number of hydrogen-bond donors (Lipinski definition) is 0. The lowest BCUT2D eigenvalue weighted by Crippen LogP contribution is -2.18. The molecule has 0 aliphatic carbocycles. The van der Waals surface area contributed by atoms with E-state index >= 15 is 0 Å². The summed E-state index contributed by atoms with van der Waals surface area (Å²) in [4.78, 5) is 11.0. The molecule has 1 rings (SSSR count). The largest absolute Gasteiger partial charge is 0.468 e. The highest BCUT2D eigenvalue weighted by Crippen LogP contribution is 2.10. The van der Waals surface area contributed by atoms with Crippen molar-refractivity contribution in [3.63, 3.8) is 0 Å². The van der Waals surface area contributed by atoms with Crippen LogP contribution in [-0.4, -0.2) is 18.5 Å². The summed E-state index contributed by atoms with van der Waals surface area (Å²) >= 11 is 5.83. The maximum Gasteiger partial charge on any atom is 0.324 e. The Labute approximate surface area is 88.8 Å². The third-order valence-electron chi connectivity index (χ3n) is 1.99. The molecule has 0 aliphatic rings. The lowest BCUT2D eigenvalue weighted by molar-refractivity contribution is -0.140. The maximum atomic E-state index is 11.0. The first-order valence-electron chi connectivity index (χ1n) is 4.41. The maximum absolute atomic E-state index is 11.0. The molecule has 3 heteroatoms. The quantitative estimate of drug-likeness (QED) is 0.568. The Bertz CT molecular complexity index is 306. The number of rotatable bonds is 3. The van der Waals surface area contributed by atoms with Gasteiger partial charge in [-0.25, -0.2) is 0 Å². The van der Waals surface area contributed by atoms with Crippen LogP contribution in [-0.2, 0) is 16.0 Å². The third kappa shape index (κ3) is 3.04. The Hall–Kier alpha value is -1.02. The molecule has 0 spiro atoms. The average molecular weight is 213 g/mol. The molecule has 76 valence electrons. The van der Waals surface area contributed by atoms with Gasteiger partial charge in [-0.2, -0.15) is 0 Å². The van der Waals surface area contributed by atoms with E-state index in [9.17, 15) is 4.79 Å². The molecule has 14 heavy (non-hydrogen) atoms. The van der Waals surface area contributed by atoms with E-state index in [-0.39, 0.29) is 5.97 Å². The van der Waals surface area contributed by atoms with Crippen LogP contribution >= 0.6 is 11.6 Å². The first-order valence-corrected chi connectivity index (χ1v) is 4.84. The summed E-state index contributed by atoms with van der Waals surface area (Å²) in [5.74, 6) is -0.382. The van der Waals surface area contributed by atoms with Crippen LogP contribution in [0, 0.1) is 6.92 Å². The zero-order valence-electron chi connectivity index (χ0n) is 8.29. The fraction of sp³-hybridized carbons (Fsp3) is 0.364. The number of esters is 1. The average Bonchev–Trinajstić information content (AvgIpc) is 2.20. The summed E-state index contributed by atoms with van der Waals surface area (Å²) in [5.41, 5.74) is 2.24. The number of aryl methyl sites for hydroxylation is 1. The molecule has 0 radical (unpaired) electrons. The molecule has 0 N–H and O–H groups in total. The van der Waals surface area contributed by atoms with Gasteiger partial charge in [0.15, 0.2) is 0 Å². The summed E-state index contributed by atoms with van der Waals surface area (Å²) in [6.45, 7) is 2.02. The van der Waals surface area contributed by atoms with Crippen molar-refractivity contribution < 1.29 is 9.53 Å². The van der Waals surface area contributed by atoms with Crippen molar-refractivity contribution in [2.24, 2.45) is 0 Å². The summed E-state index contributed by atoms with van der Waals surface area (Å²) in [5, 5.41) is -0.595. The van der Waals surface area contributed by atoms with E-state index in [0.29, 0.717) is 6.42 Å². The highest BCUT2D eigenvalue weighted by Gasteiger charge is 2.15. The third-order valence-corrected chi connectivity index (χ3v) is 2.32. The van der Waals surface area contributed by atoms with Gasteiger partial charge < -0.3 is 4.74 Å². The minimum absolute atomic E-state index is 0.382. The molecule has 0 aromatic heterocycles. The molecule has 0 aliphatic heterocycles. The Balaban J connectivity index is 2.60. The molecule has 0 fully saturated rings. The van der Waals surface area contributed by atoms with Gasteiger partial charge in [-0.3, -0.25) is 4.79 Å². The Morgan fingerprint density at radius 3 is 2.50 bits per heavy atom. The van der Waals surface area contributed by atoms with E-state index in [1.807, 2.05) is 31.2 Å². The predicted octanol–water partition coefficient (Wildman–Crippen LogP) is 2.32. The van der Waals surface area contributed by atoms with Crippen molar-refractivity contribution in [1.82, 2.24) is 0 Å². The number of halogens is 1. The van der Waals surface area contributed by atoms with Crippen LogP contribution in [0.5, 0.6) is 0 Å². The van der Waals surface area contributed by atoms with Gasteiger partial charge in [-0.15, -0.1) is 11.6 Å². The van der Waals surface area contributed by atoms with E-state index in [1.54, 1.807) is 0 Å². The van der Waals surface area contributed by atoms with Crippen molar-refractivity contribution in [2.45, 2.75) is 18.7 Å². The van der Waals surface area contributed by atoms with Crippen LogP contribution in [0.1, 0.15) is 11.1 Å². The summed E-state index contributed by atoms with van der Waals surface area (Å²) in [7, 11) is 1.34. The second-order valence-electron chi connectivity index (χ2n) is 3.18. The number of hydrogen-bond acceptors (Lipinski definition) is 2. The second kappa shape index (κ2) is 5.01. The number of benzene rings is 1. The van der Waals surface area contributed by atoms with Crippen LogP contribution in [0.4, 0.5) is 0 Å². The molecule has 0 saturated carbocycles. The summed E-state index contributed by atoms with van der Waals surface area (Å²) in [6.07, 6.45) is 0.508. The molecule has 2 nitrogen and oxygen atoms in total. The Morgan fingerprint density at radius 1 is 1.43 bits per heavy atom. The molecule has 1 unspecified atom stereocenters. The Kier molecular flexibility index (Phi) is 3.96. The molecule has 1 aromatic carbocycles. The molecular weight excluding hydrogens is 200 g/mol. The molecule has 0 heterocycles. The predicted molar refractivity (Wildman–Crippen MR) is 56.5 cm³/mol. The van der Waals surface area contributed by atoms with E-state index in [4.69, 9.17) is 11.6 Å². The van der Waals surface area contributed by atoms with E-state index < -0.39 is 5.38 Å². The fourth-order valence-electron chi connectivity index (χ4n) is 1.14. The fourth-order valence-corrected chi connectivity index (χ4v) is 1.41. The molecule has 0 amide bonds. The van der Waals surface area contributed by atoms with Crippen molar-refractivity contribution in [1.29, 1.82) is 0 Å². The van der Waals surface area contributed by atoms with Crippen LogP contribution < -0.4 is 0 Å². The van der Waals surface area contributed by atoms with E-state index in [0.717, 1.165) is 5.56 Å². The first-order chi connectivity index (χ1) is 6.63. The SMILES string of the molecule is COC(=O)C(Cl)Cc1ccc(C)cc1. The van der Waals surface area contributed by atoms with Gasteiger partial charge in [0.25, 0.3) is 0 Å². The molecular formula is C11H13ClO2. The van der Waals surface area contributed by atoms with Crippen LogP contribution in [0.3, 0.4) is 0 Å². The van der Waals surface area contributed by atoms with Crippen molar-refractivity contribution in [3.8, 4) is 0 Å². The smallest absolute Gasteiger partial charge is 0.324 e. The van der Waals surface area contributed by atoms with Crippen LogP contribution in [0.25, 0.3) is 0 Å². The summed E-state index contributed by atoms with van der Waals surface area (Å²) < 4.78 is 4.54. The highest BCUT2D eigenvalue weighted by molar-refractivity contribution is 6.30. The van der Waals surface area contributed by atoms with Gasteiger partial charge >= 0.3 is 5.97 Å². The molecule has 0 saturated heterocycles. The lowest BCUT2D eigenvalue weighted by Gasteiger charge is -2.06. The van der Waals surface area contributed by atoms with Gasteiger partial charge in [-0.05, 0) is 18.9 Å².